The summed E-state index contributed by atoms with van der Waals surface area (Å²) in [7, 11) is 0. The zero-order chi connectivity index (χ0) is 11.4. The van der Waals surface area contributed by atoms with Gasteiger partial charge < -0.3 is 5.73 Å². The van der Waals surface area contributed by atoms with Crippen molar-refractivity contribution in [1.82, 2.24) is 9.88 Å². The lowest BCUT2D eigenvalue weighted by Gasteiger charge is -2.29. The second-order valence-corrected chi connectivity index (χ2v) is 4.25. The van der Waals surface area contributed by atoms with Crippen LogP contribution in [0.3, 0.4) is 0 Å². The summed E-state index contributed by atoms with van der Waals surface area (Å²) in [6, 6.07) is 5.72. The van der Waals surface area contributed by atoms with E-state index in [4.69, 9.17) is 5.73 Å². The predicted octanol–water partition coefficient (Wildman–Crippen LogP) is 0.687. The number of Topliss-reactive ketones (excluding diaryl/α,β-unsaturated/α-hetero) is 1. The maximum atomic E-state index is 11.9. The molecule has 1 aromatic rings. The van der Waals surface area contributed by atoms with Crippen molar-refractivity contribution in [3.05, 3.63) is 30.1 Å². The summed E-state index contributed by atoms with van der Waals surface area (Å²) in [6.07, 6.45) is 3.62. The minimum atomic E-state index is 0.0936. The summed E-state index contributed by atoms with van der Waals surface area (Å²) >= 11 is 0. The largest absolute Gasteiger partial charge is 0.328 e. The average molecular weight is 219 g/mol. The summed E-state index contributed by atoms with van der Waals surface area (Å²) in [4.78, 5) is 18.1. The first-order chi connectivity index (χ1) is 7.75. The van der Waals surface area contributed by atoms with Crippen molar-refractivity contribution in [3.63, 3.8) is 0 Å². The molecule has 2 N–H and O–H groups in total. The molecule has 0 spiro atoms. The molecule has 0 atom stereocenters. The maximum absolute atomic E-state index is 11.9. The Balaban J connectivity index is 1.88. The van der Waals surface area contributed by atoms with Gasteiger partial charge in [-0.25, -0.2) is 0 Å². The van der Waals surface area contributed by atoms with Crippen molar-refractivity contribution in [2.24, 2.45) is 5.73 Å². The van der Waals surface area contributed by atoms with Gasteiger partial charge in [0.1, 0.15) is 5.69 Å². The maximum Gasteiger partial charge on any atom is 0.195 e. The van der Waals surface area contributed by atoms with Crippen LogP contribution in [0.4, 0.5) is 0 Å². The van der Waals surface area contributed by atoms with Gasteiger partial charge in [-0.05, 0) is 25.0 Å². The van der Waals surface area contributed by atoms with Crippen LogP contribution in [-0.4, -0.2) is 41.3 Å². The van der Waals surface area contributed by atoms with Gasteiger partial charge in [0.25, 0.3) is 0 Å². The average Bonchev–Trinajstić information content (AvgIpc) is 2.33. The van der Waals surface area contributed by atoms with Crippen LogP contribution in [0.1, 0.15) is 23.3 Å². The molecule has 86 valence electrons. The summed E-state index contributed by atoms with van der Waals surface area (Å²) in [6.45, 7) is 2.29. The normalized spacial score (nSPS) is 18.6. The lowest BCUT2D eigenvalue weighted by atomic mass is 10.1. The molecule has 0 unspecified atom stereocenters. The van der Waals surface area contributed by atoms with Gasteiger partial charge in [-0.3, -0.25) is 14.7 Å². The van der Waals surface area contributed by atoms with Crippen LogP contribution >= 0.6 is 0 Å². The molecule has 4 nitrogen and oxygen atoms in total. The first kappa shape index (κ1) is 11.2. The number of nitrogens with two attached hydrogens (primary N) is 1. The van der Waals surface area contributed by atoms with Crippen molar-refractivity contribution in [2.45, 2.75) is 18.9 Å². The molecular formula is C12H17N3O. The predicted molar refractivity (Wildman–Crippen MR) is 62.2 cm³/mol. The highest BCUT2D eigenvalue weighted by Gasteiger charge is 2.19. The number of hydrogen-bond donors (Lipinski definition) is 1. The van der Waals surface area contributed by atoms with Crippen LogP contribution < -0.4 is 5.73 Å². The third-order valence-electron chi connectivity index (χ3n) is 2.95. The van der Waals surface area contributed by atoms with Gasteiger partial charge in [0.05, 0.1) is 6.54 Å². The van der Waals surface area contributed by atoms with E-state index in [1.54, 1.807) is 12.3 Å². The number of carbonyl (C=O) groups is 1. The SMILES string of the molecule is NC1CCN(CC(=O)c2ccccn2)CC1. The summed E-state index contributed by atoms with van der Waals surface area (Å²) in [5.41, 5.74) is 6.37. The molecule has 4 heteroatoms. The van der Waals surface area contributed by atoms with Crippen LogP contribution in [0.2, 0.25) is 0 Å². The molecule has 2 heterocycles. The van der Waals surface area contributed by atoms with E-state index in [2.05, 4.69) is 9.88 Å². The first-order valence-electron chi connectivity index (χ1n) is 5.68. The minimum absolute atomic E-state index is 0.0936. The lowest BCUT2D eigenvalue weighted by Crippen LogP contribution is -2.42. The quantitative estimate of drug-likeness (QED) is 0.760. The van der Waals surface area contributed by atoms with Crippen LogP contribution in [0.15, 0.2) is 24.4 Å². The van der Waals surface area contributed by atoms with Crippen molar-refractivity contribution in [2.75, 3.05) is 19.6 Å². The number of aromatic nitrogens is 1. The number of likely N-dealkylation sites (tertiary alicyclic amines) is 1. The van der Waals surface area contributed by atoms with Crippen molar-refractivity contribution in [3.8, 4) is 0 Å². The van der Waals surface area contributed by atoms with E-state index >= 15 is 0 Å². The van der Waals surface area contributed by atoms with Crippen LogP contribution in [-0.2, 0) is 0 Å². The fourth-order valence-electron chi connectivity index (χ4n) is 1.92. The monoisotopic (exact) mass is 219 g/mol. The highest BCUT2D eigenvalue weighted by atomic mass is 16.1. The standard InChI is InChI=1S/C12H17N3O/c13-10-4-7-15(8-5-10)9-12(16)11-3-1-2-6-14-11/h1-3,6,10H,4-5,7-9,13H2. The van der Waals surface area contributed by atoms with Gasteiger partial charge in [-0.1, -0.05) is 6.07 Å². The molecule has 1 saturated heterocycles. The number of hydrogen-bond acceptors (Lipinski definition) is 4. The lowest BCUT2D eigenvalue weighted by molar-refractivity contribution is 0.0905. The van der Waals surface area contributed by atoms with Crippen LogP contribution in [0.25, 0.3) is 0 Å². The van der Waals surface area contributed by atoms with Gasteiger partial charge in [-0.15, -0.1) is 0 Å². The second-order valence-electron chi connectivity index (χ2n) is 4.25. The molecular weight excluding hydrogens is 202 g/mol. The van der Waals surface area contributed by atoms with E-state index in [9.17, 15) is 4.79 Å². The van der Waals surface area contributed by atoms with Gasteiger partial charge in [0.2, 0.25) is 0 Å². The van der Waals surface area contributed by atoms with Gasteiger partial charge in [0.15, 0.2) is 5.78 Å². The first-order valence-corrected chi connectivity index (χ1v) is 5.68. The number of nitrogens with zero attached hydrogens (tertiary/aromatic N) is 2. The van der Waals surface area contributed by atoms with Crippen LogP contribution in [0, 0.1) is 0 Å². The Morgan fingerprint density at radius 2 is 2.19 bits per heavy atom. The molecule has 1 fully saturated rings. The molecule has 0 amide bonds. The number of piperidine rings is 1. The Labute approximate surface area is 95.5 Å². The van der Waals surface area contributed by atoms with Crippen LogP contribution in [0.5, 0.6) is 0 Å². The zero-order valence-corrected chi connectivity index (χ0v) is 9.30. The van der Waals surface area contributed by atoms with Gasteiger partial charge in [-0.2, -0.15) is 0 Å². The Morgan fingerprint density at radius 1 is 1.44 bits per heavy atom. The molecule has 2 rings (SSSR count). The third-order valence-corrected chi connectivity index (χ3v) is 2.95. The Morgan fingerprint density at radius 3 is 2.81 bits per heavy atom. The molecule has 1 aliphatic heterocycles. The minimum Gasteiger partial charge on any atom is -0.328 e. The Kier molecular flexibility index (Phi) is 3.64. The molecule has 0 radical (unpaired) electrons. The Hall–Kier alpha value is -1.26. The zero-order valence-electron chi connectivity index (χ0n) is 9.30. The number of carbonyl (C=O) groups excluding carboxylic acids is 1. The molecule has 0 aromatic carbocycles. The van der Waals surface area contributed by atoms with Gasteiger partial charge in [0, 0.05) is 25.3 Å². The topological polar surface area (TPSA) is 59.2 Å². The second kappa shape index (κ2) is 5.18. The van der Waals surface area contributed by atoms with E-state index < -0.39 is 0 Å². The highest BCUT2D eigenvalue weighted by molar-refractivity contribution is 5.95. The van der Waals surface area contributed by atoms with Crippen molar-refractivity contribution in [1.29, 1.82) is 0 Å². The van der Waals surface area contributed by atoms with E-state index in [-0.39, 0.29) is 5.78 Å². The number of ketones is 1. The van der Waals surface area contributed by atoms with E-state index in [0.29, 0.717) is 18.3 Å². The van der Waals surface area contributed by atoms with E-state index in [0.717, 1.165) is 25.9 Å². The van der Waals surface area contributed by atoms with Crippen molar-refractivity contribution < 1.29 is 4.79 Å². The van der Waals surface area contributed by atoms with E-state index in [1.165, 1.54) is 0 Å². The van der Waals surface area contributed by atoms with Crippen molar-refractivity contribution >= 4 is 5.78 Å². The summed E-state index contributed by atoms with van der Waals surface area (Å²) in [5.74, 6) is 0.0936. The smallest absolute Gasteiger partial charge is 0.195 e. The molecule has 1 aliphatic rings. The Bertz CT molecular complexity index is 345. The molecule has 1 aromatic heterocycles. The summed E-state index contributed by atoms with van der Waals surface area (Å²) in [5, 5.41) is 0. The number of rotatable bonds is 3. The molecule has 0 saturated carbocycles. The van der Waals surface area contributed by atoms with Gasteiger partial charge >= 0.3 is 0 Å². The number of pyridine rings is 1. The molecule has 16 heavy (non-hydrogen) atoms. The fourth-order valence-corrected chi connectivity index (χ4v) is 1.92. The fraction of sp³-hybridized carbons (Fsp3) is 0.500. The summed E-state index contributed by atoms with van der Waals surface area (Å²) < 4.78 is 0. The molecule has 0 aliphatic carbocycles. The highest BCUT2D eigenvalue weighted by Crippen LogP contribution is 2.08. The third kappa shape index (κ3) is 2.87. The van der Waals surface area contributed by atoms with E-state index in [1.807, 2.05) is 12.1 Å². The molecule has 0 bridgehead atoms.